The molecular formula is C23H28N4O5S. The van der Waals surface area contributed by atoms with Crippen molar-refractivity contribution in [3.05, 3.63) is 64.8 Å². The molecule has 9 nitrogen and oxygen atoms in total. The number of hydrogen-bond acceptors (Lipinski definition) is 7. The molecule has 0 fully saturated rings. The van der Waals surface area contributed by atoms with Crippen LogP contribution >= 0.6 is 0 Å². The van der Waals surface area contributed by atoms with Crippen molar-refractivity contribution in [1.29, 1.82) is 0 Å². The highest BCUT2D eigenvalue weighted by atomic mass is 32.2. The van der Waals surface area contributed by atoms with Gasteiger partial charge in [0.15, 0.2) is 6.61 Å². The number of nitrogens with one attached hydrogen (secondary N) is 1. The summed E-state index contributed by atoms with van der Waals surface area (Å²) in [5, 5.41) is 6.63. The molecule has 0 bridgehead atoms. The van der Waals surface area contributed by atoms with Gasteiger partial charge in [0, 0.05) is 25.7 Å². The monoisotopic (exact) mass is 472 g/mol. The Labute approximate surface area is 193 Å². The standard InChI is InChI=1S/C23H28N4O5S/c1-6-27(7-2)33(29,30)18-12-15(3)16(4)20(13-18)25-23(28)19-10-8-9-11-21(19)31-14-22-24-17(5)32-26-22/h8-13H,6-7,14H2,1-5H3,(H,25,28). The van der Waals surface area contributed by atoms with Crippen LogP contribution in [-0.2, 0) is 16.6 Å². The van der Waals surface area contributed by atoms with Gasteiger partial charge in [-0.25, -0.2) is 8.42 Å². The molecule has 3 aromatic rings. The number of rotatable bonds is 9. The average molecular weight is 473 g/mol. The van der Waals surface area contributed by atoms with Gasteiger partial charge in [0.25, 0.3) is 5.91 Å². The summed E-state index contributed by atoms with van der Waals surface area (Å²) in [5.74, 6) is 0.710. The quantitative estimate of drug-likeness (QED) is 0.503. The third-order valence-corrected chi connectivity index (χ3v) is 7.32. The van der Waals surface area contributed by atoms with Gasteiger partial charge < -0.3 is 14.6 Å². The number of anilines is 1. The van der Waals surface area contributed by atoms with E-state index in [2.05, 4.69) is 15.5 Å². The van der Waals surface area contributed by atoms with Gasteiger partial charge in [-0.05, 0) is 49.2 Å². The molecule has 0 aliphatic carbocycles. The zero-order chi connectivity index (χ0) is 24.2. The second kappa shape index (κ2) is 10.1. The summed E-state index contributed by atoms with van der Waals surface area (Å²) in [4.78, 5) is 17.3. The maximum absolute atomic E-state index is 13.1. The Morgan fingerprint density at radius 3 is 2.45 bits per heavy atom. The summed E-state index contributed by atoms with van der Waals surface area (Å²) < 4.78 is 38.1. The summed E-state index contributed by atoms with van der Waals surface area (Å²) in [6, 6.07) is 9.90. The molecule has 0 atom stereocenters. The van der Waals surface area contributed by atoms with E-state index in [1.807, 2.05) is 13.8 Å². The fourth-order valence-corrected chi connectivity index (χ4v) is 4.90. The number of amides is 1. The zero-order valence-electron chi connectivity index (χ0n) is 19.4. The smallest absolute Gasteiger partial charge is 0.259 e. The van der Waals surface area contributed by atoms with E-state index < -0.39 is 15.9 Å². The topological polar surface area (TPSA) is 115 Å². The van der Waals surface area contributed by atoms with E-state index in [0.29, 0.717) is 41.8 Å². The largest absolute Gasteiger partial charge is 0.485 e. The Bertz CT molecular complexity index is 1250. The van der Waals surface area contributed by atoms with Gasteiger partial charge in [-0.3, -0.25) is 4.79 Å². The zero-order valence-corrected chi connectivity index (χ0v) is 20.2. The Morgan fingerprint density at radius 1 is 1.12 bits per heavy atom. The van der Waals surface area contributed by atoms with Gasteiger partial charge in [-0.1, -0.05) is 31.1 Å². The van der Waals surface area contributed by atoms with Crippen LogP contribution in [0.25, 0.3) is 0 Å². The molecule has 33 heavy (non-hydrogen) atoms. The minimum atomic E-state index is -3.67. The Kier molecular flexibility index (Phi) is 7.50. The number of para-hydroxylation sites is 1. The number of benzene rings is 2. The lowest BCUT2D eigenvalue weighted by Crippen LogP contribution is -2.30. The maximum atomic E-state index is 13.1. The predicted molar refractivity (Wildman–Crippen MR) is 124 cm³/mol. The summed E-state index contributed by atoms with van der Waals surface area (Å²) in [5.41, 5.74) is 2.26. The number of aromatic nitrogens is 2. The van der Waals surface area contributed by atoms with E-state index in [4.69, 9.17) is 9.26 Å². The molecule has 10 heteroatoms. The van der Waals surface area contributed by atoms with Crippen LogP contribution < -0.4 is 10.1 Å². The van der Waals surface area contributed by atoms with Crippen molar-refractivity contribution >= 4 is 21.6 Å². The van der Waals surface area contributed by atoms with Gasteiger partial charge in [0.05, 0.1) is 10.5 Å². The van der Waals surface area contributed by atoms with Gasteiger partial charge in [0.1, 0.15) is 5.75 Å². The SMILES string of the molecule is CCN(CC)S(=O)(=O)c1cc(C)c(C)c(NC(=O)c2ccccc2OCc2noc(C)n2)c1. The molecule has 1 amide bonds. The first kappa shape index (κ1) is 24.4. The molecule has 0 spiro atoms. The first-order chi connectivity index (χ1) is 15.7. The van der Waals surface area contributed by atoms with E-state index in [1.165, 1.54) is 10.4 Å². The predicted octanol–water partition coefficient (Wildman–Crippen LogP) is 3.86. The van der Waals surface area contributed by atoms with Crippen molar-refractivity contribution in [1.82, 2.24) is 14.4 Å². The molecule has 0 saturated heterocycles. The molecule has 0 radical (unpaired) electrons. The van der Waals surface area contributed by atoms with Gasteiger partial charge >= 0.3 is 0 Å². The van der Waals surface area contributed by atoms with Crippen LogP contribution in [0.3, 0.4) is 0 Å². The van der Waals surface area contributed by atoms with E-state index in [-0.39, 0.29) is 11.5 Å². The van der Waals surface area contributed by atoms with Crippen molar-refractivity contribution in [2.75, 3.05) is 18.4 Å². The summed E-state index contributed by atoms with van der Waals surface area (Å²) in [6.45, 7) is 9.66. The van der Waals surface area contributed by atoms with Crippen LogP contribution in [0.15, 0.2) is 45.8 Å². The highest BCUT2D eigenvalue weighted by Gasteiger charge is 2.24. The van der Waals surface area contributed by atoms with Crippen LogP contribution in [0, 0.1) is 20.8 Å². The lowest BCUT2D eigenvalue weighted by molar-refractivity contribution is 0.102. The molecule has 0 aliphatic rings. The van der Waals surface area contributed by atoms with Crippen LogP contribution in [0.5, 0.6) is 5.75 Å². The fraction of sp³-hybridized carbons (Fsp3) is 0.348. The van der Waals surface area contributed by atoms with Crippen LogP contribution in [0.2, 0.25) is 0 Å². The normalized spacial score (nSPS) is 11.6. The number of hydrogen-bond donors (Lipinski definition) is 1. The van der Waals surface area contributed by atoms with E-state index in [0.717, 1.165) is 11.1 Å². The molecule has 3 rings (SSSR count). The minimum absolute atomic E-state index is 0.0391. The second-order valence-electron chi connectivity index (χ2n) is 7.47. The van der Waals surface area contributed by atoms with Crippen LogP contribution in [0.4, 0.5) is 5.69 Å². The van der Waals surface area contributed by atoms with Crippen LogP contribution in [-0.4, -0.2) is 41.9 Å². The number of sulfonamides is 1. The molecule has 1 aromatic heterocycles. The molecular weight excluding hydrogens is 444 g/mol. The maximum Gasteiger partial charge on any atom is 0.259 e. The fourth-order valence-electron chi connectivity index (χ4n) is 3.33. The molecule has 0 saturated carbocycles. The first-order valence-electron chi connectivity index (χ1n) is 10.6. The lowest BCUT2D eigenvalue weighted by Gasteiger charge is -2.20. The Balaban J connectivity index is 1.88. The average Bonchev–Trinajstić information content (AvgIpc) is 3.21. The van der Waals surface area contributed by atoms with Gasteiger partial charge in [-0.2, -0.15) is 9.29 Å². The summed E-state index contributed by atoms with van der Waals surface area (Å²) in [7, 11) is -3.67. The van der Waals surface area contributed by atoms with Crippen molar-refractivity contribution in [2.45, 2.75) is 46.1 Å². The molecule has 0 unspecified atom stereocenters. The minimum Gasteiger partial charge on any atom is -0.485 e. The summed E-state index contributed by atoms with van der Waals surface area (Å²) in [6.07, 6.45) is 0. The molecule has 176 valence electrons. The Hall–Kier alpha value is -3.24. The van der Waals surface area contributed by atoms with E-state index in [1.54, 1.807) is 51.1 Å². The van der Waals surface area contributed by atoms with E-state index >= 15 is 0 Å². The molecule has 1 N–H and O–H groups in total. The van der Waals surface area contributed by atoms with Crippen molar-refractivity contribution in [3.63, 3.8) is 0 Å². The number of carbonyl (C=O) groups is 1. The number of carbonyl (C=O) groups excluding carboxylic acids is 1. The van der Waals surface area contributed by atoms with Crippen molar-refractivity contribution in [2.24, 2.45) is 0 Å². The first-order valence-corrected chi connectivity index (χ1v) is 12.0. The number of nitrogens with zero attached hydrogens (tertiary/aromatic N) is 3. The number of aryl methyl sites for hydroxylation is 2. The summed E-state index contributed by atoms with van der Waals surface area (Å²) >= 11 is 0. The third-order valence-electron chi connectivity index (χ3n) is 5.29. The highest BCUT2D eigenvalue weighted by molar-refractivity contribution is 7.89. The third kappa shape index (κ3) is 5.40. The molecule has 1 heterocycles. The molecule has 2 aromatic carbocycles. The highest BCUT2D eigenvalue weighted by Crippen LogP contribution is 2.28. The van der Waals surface area contributed by atoms with Gasteiger partial charge in [0.2, 0.25) is 21.7 Å². The Morgan fingerprint density at radius 2 is 1.82 bits per heavy atom. The van der Waals surface area contributed by atoms with Gasteiger partial charge in [-0.15, -0.1) is 0 Å². The molecule has 0 aliphatic heterocycles. The van der Waals surface area contributed by atoms with Crippen molar-refractivity contribution < 1.29 is 22.5 Å². The van der Waals surface area contributed by atoms with E-state index in [9.17, 15) is 13.2 Å². The second-order valence-corrected chi connectivity index (χ2v) is 9.41. The number of ether oxygens (including phenoxy) is 1. The lowest BCUT2D eigenvalue weighted by atomic mass is 10.1. The van der Waals surface area contributed by atoms with Crippen molar-refractivity contribution in [3.8, 4) is 5.75 Å². The van der Waals surface area contributed by atoms with Crippen LogP contribution in [0.1, 0.15) is 47.0 Å².